The van der Waals surface area contributed by atoms with E-state index in [1.807, 2.05) is 41.2 Å². The zero-order chi connectivity index (χ0) is 22.2. The summed E-state index contributed by atoms with van der Waals surface area (Å²) in [7, 11) is 2.12. The van der Waals surface area contributed by atoms with E-state index in [-0.39, 0.29) is 5.91 Å². The van der Waals surface area contributed by atoms with Crippen LogP contribution in [0.5, 0.6) is 0 Å². The van der Waals surface area contributed by atoms with Crippen LogP contribution in [0, 0.1) is 3.57 Å². The normalized spacial score (nSPS) is 18.7. The van der Waals surface area contributed by atoms with Crippen LogP contribution in [0.4, 0.5) is 0 Å². The van der Waals surface area contributed by atoms with Gasteiger partial charge in [-0.25, -0.2) is 0 Å². The SMILES string of the molecule is CN1CCN(C2=NC(=O)C(=Cc3ccc4c(cnn4Cc4ccc(Cl)cc4I)c3)S2)CC1. The smallest absolute Gasteiger partial charge is 0.286 e. The van der Waals surface area contributed by atoms with Crippen molar-refractivity contribution in [3.63, 3.8) is 0 Å². The molecule has 0 N–H and O–H groups in total. The zero-order valence-electron chi connectivity index (χ0n) is 17.5. The molecule has 9 heteroatoms. The van der Waals surface area contributed by atoms with Crippen LogP contribution >= 0.6 is 46.0 Å². The number of amidine groups is 1. The molecule has 2 aliphatic heterocycles. The molecule has 6 nitrogen and oxygen atoms in total. The Morgan fingerprint density at radius 3 is 2.75 bits per heavy atom. The Kier molecular flexibility index (Phi) is 6.28. The van der Waals surface area contributed by atoms with Crippen molar-refractivity contribution in [2.24, 2.45) is 4.99 Å². The molecule has 2 aromatic carbocycles. The first kappa shape index (κ1) is 21.9. The minimum Gasteiger partial charge on any atom is -0.348 e. The predicted octanol–water partition coefficient (Wildman–Crippen LogP) is 4.56. The van der Waals surface area contributed by atoms with E-state index in [0.717, 1.165) is 56.4 Å². The number of aromatic nitrogens is 2. The van der Waals surface area contributed by atoms with Gasteiger partial charge in [-0.05, 0) is 82.9 Å². The molecule has 0 bridgehead atoms. The first-order valence-corrected chi connectivity index (χ1v) is 12.6. The van der Waals surface area contributed by atoms with Crippen LogP contribution in [0.25, 0.3) is 17.0 Å². The molecule has 3 heterocycles. The molecule has 0 radical (unpaired) electrons. The molecule has 1 amide bonds. The Morgan fingerprint density at radius 1 is 1.16 bits per heavy atom. The molecule has 2 aliphatic rings. The van der Waals surface area contributed by atoms with Crippen molar-refractivity contribution in [3.8, 4) is 0 Å². The van der Waals surface area contributed by atoms with Crippen molar-refractivity contribution in [2.75, 3.05) is 33.2 Å². The number of thioether (sulfide) groups is 1. The number of amides is 1. The van der Waals surface area contributed by atoms with Crippen molar-refractivity contribution >= 4 is 74.0 Å². The predicted molar refractivity (Wildman–Crippen MR) is 140 cm³/mol. The Labute approximate surface area is 209 Å². The van der Waals surface area contributed by atoms with Gasteiger partial charge in [-0.3, -0.25) is 9.48 Å². The van der Waals surface area contributed by atoms with Crippen molar-refractivity contribution in [1.82, 2.24) is 19.6 Å². The monoisotopic (exact) mass is 577 g/mol. The summed E-state index contributed by atoms with van der Waals surface area (Å²) < 4.78 is 3.11. The minimum absolute atomic E-state index is 0.156. The third-order valence-electron chi connectivity index (χ3n) is 5.68. The number of carbonyl (C=O) groups excluding carboxylic acids is 1. The number of fused-ring (bicyclic) bond motifs is 1. The lowest BCUT2D eigenvalue weighted by Crippen LogP contribution is -2.46. The number of hydrogen-bond acceptors (Lipinski definition) is 5. The molecule has 32 heavy (non-hydrogen) atoms. The molecule has 3 aromatic rings. The van der Waals surface area contributed by atoms with Gasteiger partial charge in [0.05, 0.1) is 23.2 Å². The zero-order valence-corrected chi connectivity index (χ0v) is 21.2. The highest BCUT2D eigenvalue weighted by Gasteiger charge is 2.27. The van der Waals surface area contributed by atoms with E-state index in [9.17, 15) is 4.79 Å². The van der Waals surface area contributed by atoms with Gasteiger partial charge in [0.1, 0.15) is 0 Å². The molecular formula is C23H21ClIN5OS. The largest absolute Gasteiger partial charge is 0.348 e. The van der Waals surface area contributed by atoms with E-state index in [1.54, 1.807) is 0 Å². The number of benzene rings is 2. The molecule has 0 spiro atoms. The van der Waals surface area contributed by atoms with Crippen molar-refractivity contribution in [3.05, 3.63) is 67.2 Å². The summed E-state index contributed by atoms with van der Waals surface area (Å²) in [6, 6.07) is 12.1. The Bertz CT molecular complexity index is 1260. The van der Waals surface area contributed by atoms with Crippen LogP contribution in [0.3, 0.4) is 0 Å². The van der Waals surface area contributed by atoms with Gasteiger partial charge in [0.15, 0.2) is 5.17 Å². The maximum Gasteiger partial charge on any atom is 0.286 e. The van der Waals surface area contributed by atoms with Crippen LogP contribution in [-0.2, 0) is 11.3 Å². The fourth-order valence-corrected chi connectivity index (χ4v) is 5.82. The first-order valence-electron chi connectivity index (χ1n) is 10.3. The van der Waals surface area contributed by atoms with E-state index in [0.29, 0.717) is 11.4 Å². The number of hydrogen-bond donors (Lipinski definition) is 0. The van der Waals surface area contributed by atoms with Crippen molar-refractivity contribution in [1.29, 1.82) is 0 Å². The molecule has 164 valence electrons. The van der Waals surface area contributed by atoms with E-state index < -0.39 is 0 Å². The molecule has 1 fully saturated rings. The number of halogens is 2. The molecule has 0 aliphatic carbocycles. The summed E-state index contributed by atoms with van der Waals surface area (Å²) in [5.74, 6) is -0.156. The van der Waals surface area contributed by atoms with Gasteiger partial charge in [0.2, 0.25) is 0 Å². The Morgan fingerprint density at radius 2 is 1.97 bits per heavy atom. The second-order valence-electron chi connectivity index (χ2n) is 7.96. The molecular weight excluding hydrogens is 557 g/mol. The number of aliphatic imine (C=N–C) groups is 1. The van der Waals surface area contributed by atoms with Crippen LogP contribution in [0.1, 0.15) is 11.1 Å². The Balaban J connectivity index is 1.34. The summed E-state index contributed by atoms with van der Waals surface area (Å²) in [5, 5.41) is 7.17. The van der Waals surface area contributed by atoms with Crippen molar-refractivity contribution < 1.29 is 4.79 Å². The van der Waals surface area contributed by atoms with Crippen LogP contribution < -0.4 is 0 Å². The average molecular weight is 578 g/mol. The van der Waals surface area contributed by atoms with E-state index in [1.165, 1.54) is 17.3 Å². The minimum atomic E-state index is -0.156. The summed E-state index contributed by atoms with van der Waals surface area (Å²) in [5.41, 5.74) is 3.20. The fraction of sp³-hybridized carbons (Fsp3) is 0.261. The third kappa shape index (κ3) is 4.59. The molecule has 0 unspecified atom stereocenters. The van der Waals surface area contributed by atoms with Crippen LogP contribution in [0.2, 0.25) is 5.02 Å². The second-order valence-corrected chi connectivity index (χ2v) is 10.6. The molecule has 0 saturated carbocycles. The summed E-state index contributed by atoms with van der Waals surface area (Å²) in [6.45, 7) is 4.46. The van der Waals surface area contributed by atoms with E-state index >= 15 is 0 Å². The maximum absolute atomic E-state index is 12.5. The highest BCUT2D eigenvalue weighted by Crippen LogP contribution is 2.31. The molecule has 1 saturated heterocycles. The van der Waals surface area contributed by atoms with Crippen LogP contribution in [0.15, 0.2) is 52.5 Å². The van der Waals surface area contributed by atoms with Crippen LogP contribution in [-0.4, -0.2) is 63.9 Å². The second kappa shape index (κ2) is 9.17. The lowest BCUT2D eigenvalue weighted by atomic mass is 10.1. The van der Waals surface area contributed by atoms with Crippen molar-refractivity contribution in [2.45, 2.75) is 6.54 Å². The lowest BCUT2D eigenvalue weighted by molar-refractivity contribution is -0.113. The van der Waals surface area contributed by atoms with Gasteiger partial charge < -0.3 is 9.80 Å². The number of piperazine rings is 1. The quantitative estimate of drug-likeness (QED) is 0.338. The highest BCUT2D eigenvalue weighted by atomic mass is 127. The summed E-state index contributed by atoms with van der Waals surface area (Å²) in [4.78, 5) is 21.9. The lowest BCUT2D eigenvalue weighted by Gasteiger charge is -2.32. The average Bonchev–Trinajstić information content (AvgIpc) is 3.34. The molecule has 5 rings (SSSR count). The van der Waals surface area contributed by atoms with E-state index in [2.05, 4.69) is 61.7 Å². The summed E-state index contributed by atoms with van der Waals surface area (Å²) >= 11 is 9.86. The van der Waals surface area contributed by atoms with Gasteiger partial charge in [-0.1, -0.05) is 23.7 Å². The number of nitrogens with zero attached hydrogens (tertiary/aromatic N) is 5. The standard InChI is InChI=1S/C23H21ClIN5OS/c1-28-6-8-29(9-7-28)23-27-22(31)21(32-23)11-15-2-5-20-17(10-15)13-26-30(20)14-16-3-4-18(24)12-19(16)25/h2-5,10-13H,6-9,14H2,1H3. The van der Waals surface area contributed by atoms with E-state index in [4.69, 9.17) is 11.6 Å². The third-order valence-corrected chi connectivity index (χ3v) is 7.97. The fourth-order valence-electron chi connectivity index (χ4n) is 3.81. The van der Waals surface area contributed by atoms with Gasteiger partial charge in [0.25, 0.3) is 5.91 Å². The maximum atomic E-state index is 12.5. The van der Waals surface area contributed by atoms with Gasteiger partial charge in [-0.15, -0.1) is 0 Å². The molecule has 0 atom stereocenters. The first-order chi connectivity index (χ1) is 15.5. The van der Waals surface area contributed by atoms with Gasteiger partial charge in [-0.2, -0.15) is 10.1 Å². The van der Waals surface area contributed by atoms with Gasteiger partial charge >= 0.3 is 0 Å². The number of rotatable bonds is 3. The highest BCUT2D eigenvalue weighted by molar-refractivity contribution is 14.1. The topological polar surface area (TPSA) is 53.7 Å². The Hall–Kier alpha value is -1.88. The summed E-state index contributed by atoms with van der Waals surface area (Å²) in [6.07, 6.45) is 3.80. The number of carbonyl (C=O) groups is 1. The van der Waals surface area contributed by atoms with Gasteiger partial charge in [0, 0.05) is 40.2 Å². The number of likely N-dealkylation sites (N-methyl/N-ethyl adjacent to an activating group) is 1. The molecule has 1 aromatic heterocycles.